The minimum absolute atomic E-state index is 0.212. The lowest BCUT2D eigenvalue weighted by atomic mass is 9.85. The Morgan fingerprint density at radius 1 is 0.341 bits per heavy atom. The van der Waals surface area contributed by atoms with Gasteiger partial charge in [0.2, 0.25) is 33.3 Å². The molecule has 2 aliphatic heterocycles. The number of benzene rings is 2. The van der Waals surface area contributed by atoms with Gasteiger partial charge in [-0.25, -0.2) is 0 Å². The number of hydrogen-bond donors (Lipinski definition) is 0. The normalized spacial score (nSPS) is 24.2. The molecule has 28 heteroatoms. The molecule has 3 heterocycles. The highest BCUT2D eigenvalue weighted by Gasteiger charge is 2.58. The van der Waals surface area contributed by atoms with Crippen LogP contribution in [0.2, 0.25) is 236 Å². The maximum Gasteiger partial charge on any atom is 0.242 e. The van der Waals surface area contributed by atoms with Crippen molar-refractivity contribution in [2.24, 2.45) is 0 Å². The van der Waals surface area contributed by atoms with E-state index in [0.29, 0.717) is 45.4 Å². The van der Waals surface area contributed by atoms with Crippen LogP contribution in [0.15, 0.2) is 33.5 Å². The monoisotopic (exact) mass is 1470 g/mol. The molecule has 0 radical (unpaired) electrons. The molecule has 0 N–H and O–H groups in total. The Labute approximate surface area is 563 Å². The number of hydrogen-bond acceptors (Lipinski definition) is 16. The highest BCUT2D eigenvalue weighted by Crippen LogP contribution is 2.56. The van der Waals surface area contributed by atoms with E-state index in [0.717, 1.165) is 0 Å². The predicted molar refractivity (Wildman–Crippen MR) is 407 cm³/mol. The molecule has 3 aromatic rings. The van der Waals surface area contributed by atoms with Crippen LogP contribution in [-0.2, 0) is 44.9 Å². The Balaban J connectivity index is 2.26. The van der Waals surface area contributed by atoms with Gasteiger partial charge in [-0.15, -0.1) is 0 Å². The van der Waals surface area contributed by atoms with Crippen molar-refractivity contribution < 1.29 is 67.0 Å². The molecule has 522 valence electrons. The Morgan fingerprint density at radius 3 is 1.02 bits per heavy atom. The van der Waals surface area contributed by atoms with Crippen LogP contribution in [-0.4, -0.2) is 162 Å². The topological polar surface area (TPSA) is 159 Å². The molecule has 10 atom stereocenters. The molecule has 0 amide bonds. The second kappa shape index (κ2) is 28.7. The Kier molecular flexibility index (Phi) is 25.5. The Hall–Kier alpha value is -0.947. The van der Waals surface area contributed by atoms with Gasteiger partial charge in [-0.1, -0.05) is 0 Å². The largest absolute Gasteiger partial charge is 0.544 e. The van der Waals surface area contributed by atoms with Crippen molar-refractivity contribution in [3.05, 3.63) is 45.6 Å². The lowest BCUT2D eigenvalue weighted by Gasteiger charge is -2.52. The SMILES string of the molecule is C[Si](C)(C)OC[C@H]1O[C@@H](c2c(O[Si](C)(C)C)c([C@@H]3O[C@H](CO[Si](C)(C)C)[C@@H](O[Si](C)(C)C)[C@H](O[Si](C)(C)C)[C@H]3O[Si](C)(C)C)c3oc(-c4ccc(O[Si](C)(C)C)c(O[Si](C)(C)C)c4)cc(=O)c3c2O[Si](C)(C)C)[C@H](O[Si](C)(C)C)[C@@H](O[Si](C)(C)C)[C@@H]1O[Si](C)(C)C. The summed E-state index contributed by atoms with van der Waals surface area (Å²) in [6.07, 6.45) is -7.61. The van der Waals surface area contributed by atoms with Crippen LogP contribution in [0.5, 0.6) is 23.0 Å². The van der Waals surface area contributed by atoms with Gasteiger partial charge in [0.05, 0.1) is 24.3 Å². The highest BCUT2D eigenvalue weighted by atomic mass is 28.4. The fourth-order valence-electron chi connectivity index (χ4n) is 10.8. The van der Waals surface area contributed by atoms with Crippen LogP contribution in [0.25, 0.3) is 22.3 Å². The first kappa shape index (κ1) is 80.7. The Morgan fingerprint density at radius 2 is 0.670 bits per heavy atom. The highest BCUT2D eigenvalue weighted by molar-refractivity contribution is 6.74. The molecule has 2 saturated heterocycles. The van der Waals surface area contributed by atoms with Gasteiger partial charge in [-0.2, -0.15) is 0 Å². The average Bonchev–Trinajstić information content (AvgIpc) is 0.711. The van der Waals surface area contributed by atoms with Gasteiger partial charge in [0.15, 0.2) is 77.6 Å². The molecule has 5 rings (SSSR count). The van der Waals surface area contributed by atoms with Crippen molar-refractivity contribution in [2.75, 3.05) is 13.2 Å². The molecule has 0 spiro atoms. The molecule has 91 heavy (non-hydrogen) atoms. The van der Waals surface area contributed by atoms with E-state index >= 15 is 4.79 Å². The third kappa shape index (κ3) is 25.7. The van der Waals surface area contributed by atoms with Gasteiger partial charge < -0.3 is 67.0 Å². The van der Waals surface area contributed by atoms with Crippen molar-refractivity contribution in [1.82, 2.24) is 0 Å². The zero-order valence-corrected chi connectivity index (χ0v) is 75.5. The molecule has 2 fully saturated rings. The molecule has 2 aromatic carbocycles. The van der Waals surface area contributed by atoms with Gasteiger partial charge in [-0.3, -0.25) is 4.79 Å². The quantitative estimate of drug-likeness (QED) is 0.0604. The molecule has 1 aromatic heterocycles. The number of fused-ring (bicyclic) bond motifs is 1. The smallest absolute Gasteiger partial charge is 0.242 e. The standard InChI is InChI=1S/C63H126O16Si12/c1-80(2,3)65-41-48-53(72-84(13,14)15)60(76-88(25,26)27)62(78-90(31,32)33)58(68-48)51-55-50(44(64)40-46(67-55)43-37-38-45(70-82(7,8)9)47(39-43)71-83(10,11)12)56(74-86(19,20)21)52(57(51)75-87(22,23)24)59-63(79-91(34,35)36)61(77-89(28,29)30)54(73-85(16,17)18)49(69-59)42-66-81(4,5)6/h37-40,48-49,53-54,58-63H,41-42H2,1-36H3/t48-,49-,53-,54-,58+,59+,60+,61+,62+,63+/m1/s1. The van der Waals surface area contributed by atoms with Gasteiger partial charge in [0, 0.05) is 11.6 Å². The first-order valence-corrected chi connectivity index (χ1v) is 74.1. The first-order chi connectivity index (χ1) is 40.5. The summed E-state index contributed by atoms with van der Waals surface area (Å²) in [5.74, 6) is 2.29. The third-order valence-corrected chi connectivity index (χ3v) is 24.4. The lowest BCUT2D eigenvalue weighted by molar-refractivity contribution is -0.218. The zero-order chi connectivity index (χ0) is 70.0. The van der Waals surface area contributed by atoms with Crippen LogP contribution in [0.1, 0.15) is 23.3 Å². The third-order valence-electron chi connectivity index (χ3n) is 13.2. The maximum atomic E-state index is 16.6. The van der Waals surface area contributed by atoms with Gasteiger partial charge >= 0.3 is 0 Å². The van der Waals surface area contributed by atoms with Crippen molar-refractivity contribution in [1.29, 1.82) is 0 Å². The predicted octanol–water partition coefficient (Wildman–Crippen LogP) is 18.2. The van der Waals surface area contributed by atoms with E-state index < -0.39 is 161 Å². The summed E-state index contributed by atoms with van der Waals surface area (Å²) in [5, 5.41) is 0.220. The van der Waals surface area contributed by atoms with Crippen LogP contribution in [0.4, 0.5) is 0 Å². The van der Waals surface area contributed by atoms with E-state index in [9.17, 15) is 0 Å². The van der Waals surface area contributed by atoms with Crippen molar-refractivity contribution in [3.8, 4) is 34.3 Å². The first-order valence-electron chi connectivity index (χ1n) is 33.2. The van der Waals surface area contributed by atoms with Crippen LogP contribution >= 0.6 is 0 Å². The molecule has 2 aliphatic rings. The van der Waals surface area contributed by atoms with Crippen molar-refractivity contribution >= 4 is 111 Å². The minimum atomic E-state index is -2.85. The summed E-state index contributed by atoms with van der Waals surface area (Å²) in [4.78, 5) is 16.6. The van der Waals surface area contributed by atoms with E-state index in [2.05, 4.69) is 236 Å². The molecular formula is C63H126O16Si12. The molecule has 0 aliphatic carbocycles. The van der Waals surface area contributed by atoms with E-state index in [-0.39, 0.29) is 29.6 Å². The Bertz CT molecular complexity index is 2990. The van der Waals surface area contributed by atoms with E-state index in [4.69, 9.17) is 67.0 Å². The van der Waals surface area contributed by atoms with Crippen molar-refractivity contribution in [2.45, 2.75) is 297 Å². The summed E-state index contributed by atoms with van der Waals surface area (Å²) >= 11 is 0. The second-order valence-corrected chi connectivity index (χ2v) is 90.4. The van der Waals surface area contributed by atoms with E-state index in [1.54, 1.807) is 6.07 Å². The summed E-state index contributed by atoms with van der Waals surface area (Å²) < 4.78 is 112. The molecule has 0 unspecified atom stereocenters. The molecular weight excluding hydrogens is 1350 g/mol. The second-order valence-electron chi connectivity index (χ2n) is 36.9. The van der Waals surface area contributed by atoms with Crippen LogP contribution in [0.3, 0.4) is 0 Å². The van der Waals surface area contributed by atoms with Crippen LogP contribution in [0, 0.1) is 0 Å². The maximum absolute atomic E-state index is 16.6. The number of ether oxygens (including phenoxy) is 2. The van der Waals surface area contributed by atoms with Gasteiger partial charge in [0.1, 0.15) is 95.2 Å². The summed E-state index contributed by atoms with van der Waals surface area (Å²) in [5.41, 5.74) is 1.54. The van der Waals surface area contributed by atoms with Crippen molar-refractivity contribution in [3.63, 3.8) is 0 Å². The minimum Gasteiger partial charge on any atom is -0.544 e. The van der Waals surface area contributed by atoms with Gasteiger partial charge in [0.25, 0.3) is 0 Å². The number of rotatable bonds is 29. The van der Waals surface area contributed by atoms with Gasteiger partial charge in [-0.05, 0) is 254 Å². The summed E-state index contributed by atoms with van der Waals surface area (Å²) in [6, 6.07) is 7.44. The zero-order valence-electron chi connectivity index (χ0n) is 63.5. The molecule has 0 bridgehead atoms. The van der Waals surface area contributed by atoms with Crippen LogP contribution < -0.4 is 23.1 Å². The summed E-state index contributed by atoms with van der Waals surface area (Å²) in [7, 11) is -29.4. The van der Waals surface area contributed by atoms with E-state index in [1.807, 2.05) is 18.2 Å². The molecule has 16 nitrogen and oxygen atoms in total. The molecule has 0 saturated carbocycles. The average molecular weight is 1480 g/mol. The fourth-order valence-corrected chi connectivity index (χ4v) is 22.0. The van der Waals surface area contributed by atoms with E-state index in [1.165, 1.54) is 0 Å². The lowest BCUT2D eigenvalue weighted by Crippen LogP contribution is -2.64. The fraction of sp³-hybridized carbons (Fsp3) is 0.762. The summed E-state index contributed by atoms with van der Waals surface area (Å²) in [6.45, 7) is 79.1.